The fraction of sp³-hybridized carbons (Fsp3) is 0.231. The highest BCUT2D eigenvalue weighted by molar-refractivity contribution is 6.01. The Morgan fingerprint density at radius 2 is 1.23 bits per heavy atom. The summed E-state index contributed by atoms with van der Waals surface area (Å²) in [7, 11) is 0. The molecule has 31 heavy (non-hydrogen) atoms. The van der Waals surface area contributed by atoms with E-state index in [1.807, 2.05) is 54.6 Å². The summed E-state index contributed by atoms with van der Waals surface area (Å²) < 4.78 is 28.3. The van der Waals surface area contributed by atoms with E-state index in [2.05, 4.69) is 18.2 Å². The fourth-order valence-corrected chi connectivity index (χ4v) is 3.66. The molecule has 2 aliphatic rings. The Morgan fingerprint density at radius 3 is 1.81 bits per heavy atom. The van der Waals surface area contributed by atoms with Crippen LogP contribution in [0.1, 0.15) is 0 Å². The molecule has 2 atom stereocenters. The molecule has 1 aromatic heterocycles. The normalized spacial score (nSPS) is 19.4. The molecule has 0 amide bonds. The van der Waals surface area contributed by atoms with Gasteiger partial charge in [0.1, 0.15) is 48.3 Å². The molecule has 2 fully saturated rings. The predicted octanol–water partition coefficient (Wildman–Crippen LogP) is 5.32. The number of benzene rings is 3. The number of furan rings is 1. The molecule has 5 nitrogen and oxygen atoms in total. The van der Waals surface area contributed by atoms with E-state index < -0.39 is 0 Å². The van der Waals surface area contributed by atoms with Crippen molar-refractivity contribution in [2.24, 2.45) is 0 Å². The smallest absolute Gasteiger partial charge is 0.143 e. The molecule has 0 aliphatic carbocycles. The molecular formula is C26H22O5. The second-order valence-electron chi connectivity index (χ2n) is 7.88. The number of rotatable bonds is 8. The molecule has 2 saturated heterocycles. The zero-order chi connectivity index (χ0) is 20.6. The summed E-state index contributed by atoms with van der Waals surface area (Å²) in [4.78, 5) is 0. The van der Waals surface area contributed by atoms with Gasteiger partial charge in [-0.05, 0) is 48.0 Å². The van der Waals surface area contributed by atoms with Crippen LogP contribution in [0.5, 0.6) is 11.5 Å². The zero-order valence-corrected chi connectivity index (χ0v) is 17.0. The van der Waals surface area contributed by atoms with E-state index in [0.29, 0.717) is 13.2 Å². The third kappa shape index (κ3) is 4.02. The zero-order valence-electron chi connectivity index (χ0n) is 17.0. The van der Waals surface area contributed by atoms with Crippen molar-refractivity contribution in [3.05, 3.63) is 72.8 Å². The molecule has 2 unspecified atom stereocenters. The van der Waals surface area contributed by atoms with Crippen LogP contribution in [0.3, 0.4) is 0 Å². The van der Waals surface area contributed by atoms with E-state index >= 15 is 0 Å². The summed E-state index contributed by atoms with van der Waals surface area (Å²) in [6.07, 6.45) is 0.484. The highest BCUT2D eigenvalue weighted by Gasteiger charge is 2.24. The number of fused-ring (bicyclic) bond motifs is 1. The van der Waals surface area contributed by atoms with Gasteiger partial charge in [-0.3, -0.25) is 0 Å². The van der Waals surface area contributed by atoms with E-state index in [0.717, 1.165) is 58.1 Å². The minimum Gasteiger partial charge on any atom is -0.491 e. The van der Waals surface area contributed by atoms with Crippen LogP contribution in [0, 0.1) is 0 Å². The first kappa shape index (κ1) is 18.5. The summed E-state index contributed by atoms with van der Waals surface area (Å²) in [5, 5.41) is 1.09. The SMILES string of the molecule is c1ccc2c(-c3ccc(OCC4CO4)cc3)c(-c3ccc(OCC4CO4)cc3)oc2c1. The lowest BCUT2D eigenvalue weighted by molar-refractivity contribution is 0.263. The lowest BCUT2D eigenvalue weighted by Crippen LogP contribution is -2.03. The van der Waals surface area contributed by atoms with Crippen LogP contribution in [-0.2, 0) is 9.47 Å². The van der Waals surface area contributed by atoms with Crippen molar-refractivity contribution in [1.29, 1.82) is 0 Å². The molecule has 2 aliphatic heterocycles. The van der Waals surface area contributed by atoms with E-state index in [1.54, 1.807) is 0 Å². The molecule has 0 saturated carbocycles. The molecule has 156 valence electrons. The summed E-state index contributed by atoms with van der Waals surface area (Å²) in [5.74, 6) is 2.52. The van der Waals surface area contributed by atoms with E-state index in [-0.39, 0.29) is 12.2 Å². The van der Waals surface area contributed by atoms with Gasteiger partial charge in [-0.15, -0.1) is 0 Å². The van der Waals surface area contributed by atoms with Crippen molar-refractivity contribution in [3.63, 3.8) is 0 Å². The molecular weight excluding hydrogens is 392 g/mol. The van der Waals surface area contributed by atoms with Gasteiger partial charge in [-0.1, -0.05) is 30.3 Å². The average Bonchev–Trinajstić information content (AvgIpc) is 3.75. The molecule has 4 aromatic rings. The third-order valence-corrected chi connectivity index (χ3v) is 5.53. The Kier molecular flexibility index (Phi) is 4.63. The molecule has 5 heteroatoms. The van der Waals surface area contributed by atoms with Gasteiger partial charge in [0.05, 0.1) is 13.2 Å². The number of para-hydroxylation sites is 1. The average molecular weight is 414 g/mol. The largest absolute Gasteiger partial charge is 0.491 e. The molecule has 6 rings (SSSR count). The predicted molar refractivity (Wildman–Crippen MR) is 118 cm³/mol. The Hall–Kier alpha value is -3.28. The maximum atomic E-state index is 6.30. The first-order valence-corrected chi connectivity index (χ1v) is 10.5. The van der Waals surface area contributed by atoms with Crippen molar-refractivity contribution in [3.8, 4) is 33.9 Å². The van der Waals surface area contributed by atoms with Crippen molar-refractivity contribution in [2.75, 3.05) is 26.4 Å². The highest BCUT2D eigenvalue weighted by atomic mass is 16.6. The summed E-state index contributed by atoms with van der Waals surface area (Å²) >= 11 is 0. The van der Waals surface area contributed by atoms with Crippen LogP contribution < -0.4 is 9.47 Å². The van der Waals surface area contributed by atoms with Gasteiger partial charge in [0.2, 0.25) is 0 Å². The van der Waals surface area contributed by atoms with Gasteiger partial charge in [-0.2, -0.15) is 0 Å². The van der Waals surface area contributed by atoms with Crippen molar-refractivity contribution in [2.45, 2.75) is 12.2 Å². The van der Waals surface area contributed by atoms with Gasteiger partial charge < -0.3 is 23.4 Å². The quantitative estimate of drug-likeness (QED) is 0.365. The van der Waals surface area contributed by atoms with Crippen LogP contribution in [0.2, 0.25) is 0 Å². The van der Waals surface area contributed by atoms with Crippen molar-refractivity contribution < 1.29 is 23.4 Å². The number of epoxide rings is 2. The Labute approximate surface area is 180 Å². The lowest BCUT2D eigenvalue weighted by atomic mass is 9.98. The maximum Gasteiger partial charge on any atom is 0.143 e. The Bertz CT molecular complexity index is 1180. The topological polar surface area (TPSA) is 56.7 Å². The third-order valence-electron chi connectivity index (χ3n) is 5.53. The monoisotopic (exact) mass is 414 g/mol. The molecule has 0 N–H and O–H groups in total. The molecule has 3 heterocycles. The number of hydrogen-bond acceptors (Lipinski definition) is 5. The van der Waals surface area contributed by atoms with E-state index in [9.17, 15) is 0 Å². The van der Waals surface area contributed by atoms with Crippen LogP contribution in [0.15, 0.2) is 77.2 Å². The summed E-state index contributed by atoms with van der Waals surface area (Å²) in [5.41, 5.74) is 4.03. The maximum absolute atomic E-state index is 6.30. The van der Waals surface area contributed by atoms with Crippen LogP contribution in [0.4, 0.5) is 0 Å². The highest BCUT2D eigenvalue weighted by Crippen LogP contribution is 2.41. The summed E-state index contributed by atoms with van der Waals surface area (Å²) in [6.45, 7) is 2.77. The van der Waals surface area contributed by atoms with Crippen molar-refractivity contribution >= 4 is 11.0 Å². The minimum absolute atomic E-state index is 0.241. The first-order valence-electron chi connectivity index (χ1n) is 10.5. The van der Waals surface area contributed by atoms with Gasteiger partial charge in [0.25, 0.3) is 0 Å². The fourth-order valence-electron chi connectivity index (χ4n) is 3.66. The first-order chi connectivity index (χ1) is 15.3. The Balaban J connectivity index is 1.33. The number of hydrogen-bond donors (Lipinski definition) is 0. The van der Waals surface area contributed by atoms with E-state index in [4.69, 9.17) is 23.4 Å². The van der Waals surface area contributed by atoms with Crippen LogP contribution in [-0.4, -0.2) is 38.6 Å². The van der Waals surface area contributed by atoms with Gasteiger partial charge in [0, 0.05) is 16.5 Å². The standard InChI is InChI=1S/C26H22O5/c1-2-4-24-23(3-1)25(17-5-9-19(10-6-17)27-13-21-15-29-21)26(31-24)18-7-11-20(12-8-18)28-14-22-16-30-22/h1-12,21-22H,13-16H2. The van der Waals surface area contributed by atoms with E-state index in [1.165, 1.54) is 0 Å². The molecule has 3 aromatic carbocycles. The van der Waals surface area contributed by atoms with Gasteiger partial charge in [-0.25, -0.2) is 0 Å². The van der Waals surface area contributed by atoms with Crippen LogP contribution in [0.25, 0.3) is 33.4 Å². The lowest BCUT2D eigenvalue weighted by Gasteiger charge is -2.08. The molecule has 0 radical (unpaired) electrons. The Morgan fingerprint density at radius 1 is 0.677 bits per heavy atom. The second kappa shape index (κ2) is 7.76. The second-order valence-corrected chi connectivity index (χ2v) is 7.88. The van der Waals surface area contributed by atoms with Crippen LogP contribution >= 0.6 is 0 Å². The molecule has 0 spiro atoms. The number of ether oxygens (including phenoxy) is 4. The van der Waals surface area contributed by atoms with Gasteiger partial charge in [0.15, 0.2) is 0 Å². The van der Waals surface area contributed by atoms with Crippen molar-refractivity contribution in [1.82, 2.24) is 0 Å². The molecule has 0 bridgehead atoms. The van der Waals surface area contributed by atoms with Gasteiger partial charge >= 0.3 is 0 Å². The minimum atomic E-state index is 0.241. The summed E-state index contributed by atoms with van der Waals surface area (Å²) in [6, 6.07) is 24.3.